The van der Waals surface area contributed by atoms with Gasteiger partial charge in [-0.15, -0.1) is 0 Å². The average molecular weight is 805 g/mol. The lowest BCUT2D eigenvalue weighted by Gasteiger charge is -2.18. The number of esters is 3. The van der Waals surface area contributed by atoms with Crippen LogP contribution in [0.3, 0.4) is 0 Å². The number of ether oxygens (including phenoxy) is 3. The molecule has 336 valence electrons. The van der Waals surface area contributed by atoms with Gasteiger partial charge in [0, 0.05) is 19.3 Å². The van der Waals surface area contributed by atoms with E-state index in [4.69, 9.17) is 14.2 Å². The van der Waals surface area contributed by atoms with Gasteiger partial charge < -0.3 is 14.2 Å². The smallest absolute Gasteiger partial charge is 0.306 e. The topological polar surface area (TPSA) is 78.9 Å². The summed E-state index contributed by atoms with van der Waals surface area (Å²) >= 11 is 0. The van der Waals surface area contributed by atoms with E-state index in [2.05, 4.69) is 32.9 Å². The van der Waals surface area contributed by atoms with Crippen molar-refractivity contribution in [3.05, 3.63) is 12.2 Å². The standard InChI is InChI=1S/C51H96O6/c1-4-7-10-13-16-19-22-24-25-27-29-32-35-38-41-44-50(53)56-47-48(46-55-49(52)43-40-37-34-31-28-21-18-15-12-9-6-3)57-51(54)45-42-39-36-33-30-26-23-20-17-14-11-8-5-2/h19,22,48H,4-18,20-21,23-47H2,1-3H3/b22-19-/t48-/m0/s1. The first-order chi connectivity index (χ1) is 28.0. The quantitative estimate of drug-likeness (QED) is 0.0264. The number of allylic oxidation sites excluding steroid dienone is 2. The van der Waals surface area contributed by atoms with Crippen molar-refractivity contribution < 1.29 is 28.6 Å². The highest BCUT2D eigenvalue weighted by molar-refractivity contribution is 5.71. The van der Waals surface area contributed by atoms with Gasteiger partial charge in [0.1, 0.15) is 13.2 Å². The Labute approximate surface area is 354 Å². The van der Waals surface area contributed by atoms with Crippen LogP contribution < -0.4 is 0 Å². The fourth-order valence-electron chi connectivity index (χ4n) is 7.44. The maximum absolute atomic E-state index is 12.8. The molecule has 0 amide bonds. The molecule has 57 heavy (non-hydrogen) atoms. The van der Waals surface area contributed by atoms with Gasteiger partial charge in [-0.3, -0.25) is 14.4 Å². The molecule has 1 atom stereocenters. The lowest BCUT2D eigenvalue weighted by molar-refractivity contribution is -0.167. The van der Waals surface area contributed by atoms with Crippen LogP contribution in [0.5, 0.6) is 0 Å². The van der Waals surface area contributed by atoms with Gasteiger partial charge in [0.05, 0.1) is 0 Å². The van der Waals surface area contributed by atoms with Crippen molar-refractivity contribution in [2.75, 3.05) is 13.2 Å². The van der Waals surface area contributed by atoms with Crippen molar-refractivity contribution >= 4 is 17.9 Å². The monoisotopic (exact) mass is 805 g/mol. The normalized spacial score (nSPS) is 12.0. The zero-order chi connectivity index (χ0) is 41.5. The van der Waals surface area contributed by atoms with E-state index >= 15 is 0 Å². The highest BCUT2D eigenvalue weighted by Gasteiger charge is 2.19. The molecule has 6 nitrogen and oxygen atoms in total. The molecule has 0 radical (unpaired) electrons. The molecule has 0 saturated carbocycles. The summed E-state index contributed by atoms with van der Waals surface area (Å²) in [5, 5.41) is 0. The Hall–Kier alpha value is -1.85. The van der Waals surface area contributed by atoms with E-state index in [0.29, 0.717) is 19.3 Å². The molecular formula is C51H96O6. The van der Waals surface area contributed by atoms with Crippen molar-refractivity contribution in [3.8, 4) is 0 Å². The third-order valence-corrected chi connectivity index (χ3v) is 11.3. The molecule has 0 aliphatic heterocycles. The first kappa shape index (κ1) is 55.2. The summed E-state index contributed by atoms with van der Waals surface area (Å²) in [6, 6.07) is 0. The molecule has 0 aromatic carbocycles. The molecular weight excluding hydrogens is 709 g/mol. The molecule has 0 heterocycles. The summed E-state index contributed by atoms with van der Waals surface area (Å²) < 4.78 is 16.8. The first-order valence-electron chi connectivity index (χ1n) is 25.2. The third-order valence-electron chi connectivity index (χ3n) is 11.3. The van der Waals surface area contributed by atoms with Crippen LogP contribution in [-0.2, 0) is 28.6 Å². The Morgan fingerprint density at radius 3 is 0.895 bits per heavy atom. The Morgan fingerprint density at radius 1 is 0.333 bits per heavy atom. The van der Waals surface area contributed by atoms with E-state index in [1.165, 1.54) is 180 Å². The van der Waals surface area contributed by atoms with Crippen LogP contribution in [0.15, 0.2) is 12.2 Å². The minimum Gasteiger partial charge on any atom is -0.462 e. The Balaban J connectivity index is 4.32. The second kappa shape index (κ2) is 46.8. The molecule has 0 aromatic rings. The van der Waals surface area contributed by atoms with Gasteiger partial charge in [-0.05, 0) is 44.9 Å². The summed E-state index contributed by atoms with van der Waals surface area (Å²) in [6.45, 7) is 6.64. The summed E-state index contributed by atoms with van der Waals surface area (Å²) in [5.74, 6) is -0.857. The molecule has 0 bridgehead atoms. The van der Waals surface area contributed by atoms with Crippen LogP contribution in [0.2, 0.25) is 0 Å². The van der Waals surface area contributed by atoms with Gasteiger partial charge in [0.2, 0.25) is 0 Å². The van der Waals surface area contributed by atoms with Crippen LogP contribution in [0.1, 0.15) is 278 Å². The molecule has 0 unspecified atom stereocenters. The van der Waals surface area contributed by atoms with E-state index < -0.39 is 6.10 Å². The average Bonchev–Trinajstić information content (AvgIpc) is 3.21. The van der Waals surface area contributed by atoms with Gasteiger partial charge in [-0.1, -0.05) is 226 Å². The predicted octanol–water partition coefficient (Wildman–Crippen LogP) is 16.2. The van der Waals surface area contributed by atoms with Crippen molar-refractivity contribution in [1.82, 2.24) is 0 Å². The fourth-order valence-corrected chi connectivity index (χ4v) is 7.44. The number of hydrogen-bond acceptors (Lipinski definition) is 6. The van der Waals surface area contributed by atoms with Crippen molar-refractivity contribution in [1.29, 1.82) is 0 Å². The largest absolute Gasteiger partial charge is 0.462 e. The van der Waals surface area contributed by atoms with Crippen molar-refractivity contribution in [2.45, 2.75) is 284 Å². The Morgan fingerprint density at radius 2 is 0.579 bits per heavy atom. The van der Waals surface area contributed by atoms with Gasteiger partial charge in [-0.2, -0.15) is 0 Å². The van der Waals surface area contributed by atoms with E-state index in [9.17, 15) is 14.4 Å². The number of carbonyl (C=O) groups is 3. The van der Waals surface area contributed by atoms with Gasteiger partial charge in [-0.25, -0.2) is 0 Å². The number of hydrogen-bond donors (Lipinski definition) is 0. The third kappa shape index (κ3) is 45.1. The minimum atomic E-state index is -0.763. The number of carbonyl (C=O) groups excluding carboxylic acids is 3. The lowest BCUT2D eigenvalue weighted by Crippen LogP contribution is -2.30. The zero-order valence-electron chi connectivity index (χ0n) is 38.4. The van der Waals surface area contributed by atoms with Crippen molar-refractivity contribution in [3.63, 3.8) is 0 Å². The minimum absolute atomic E-state index is 0.0662. The second-order valence-electron chi connectivity index (χ2n) is 17.1. The molecule has 0 rings (SSSR count). The van der Waals surface area contributed by atoms with Gasteiger partial charge >= 0.3 is 17.9 Å². The molecule has 0 saturated heterocycles. The summed E-state index contributed by atoms with van der Waals surface area (Å²) in [7, 11) is 0. The maximum Gasteiger partial charge on any atom is 0.306 e. The molecule has 0 aromatic heterocycles. The second-order valence-corrected chi connectivity index (χ2v) is 17.1. The van der Waals surface area contributed by atoms with E-state index in [1.54, 1.807) is 0 Å². The number of unbranched alkanes of at least 4 members (excludes halogenated alkanes) is 33. The SMILES string of the molecule is CCCCCC/C=C\CCCCCCCCCC(=O)OC[C@H](COC(=O)CCCCCCCCCCCCC)OC(=O)CCCCCCCCCCCCCCC. The molecule has 0 N–H and O–H groups in total. The van der Waals surface area contributed by atoms with E-state index in [1.807, 2.05) is 0 Å². The molecule has 0 aliphatic rings. The van der Waals surface area contributed by atoms with Crippen LogP contribution in [0.25, 0.3) is 0 Å². The zero-order valence-corrected chi connectivity index (χ0v) is 38.4. The first-order valence-corrected chi connectivity index (χ1v) is 25.2. The summed E-state index contributed by atoms with van der Waals surface area (Å²) in [5.41, 5.74) is 0. The van der Waals surface area contributed by atoms with Crippen LogP contribution >= 0.6 is 0 Å². The van der Waals surface area contributed by atoms with Crippen molar-refractivity contribution in [2.24, 2.45) is 0 Å². The van der Waals surface area contributed by atoms with Crippen LogP contribution in [0, 0.1) is 0 Å². The van der Waals surface area contributed by atoms with E-state index in [0.717, 1.165) is 57.8 Å². The van der Waals surface area contributed by atoms with Crippen LogP contribution in [-0.4, -0.2) is 37.2 Å². The van der Waals surface area contributed by atoms with Gasteiger partial charge in [0.15, 0.2) is 6.10 Å². The van der Waals surface area contributed by atoms with E-state index in [-0.39, 0.29) is 31.1 Å². The Kier molecular flexibility index (Phi) is 45.3. The molecule has 6 heteroatoms. The summed E-state index contributed by atoms with van der Waals surface area (Å²) in [6.07, 6.45) is 50.4. The Bertz CT molecular complexity index is 885. The highest BCUT2D eigenvalue weighted by Crippen LogP contribution is 2.16. The fraction of sp³-hybridized carbons (Fsp3) is 0.902. The lowest BCUT2D eigenvalue weighted by atomic mass is 10.0. The molecule has 0 fully saturated rings. The summed E-state index contributed by atoms with van der Waals surface area (Å²) in [4.78, 5) is 37.9. The predicted molar refractivity (Wildman–Crippen MR) is 243 cm³/mol. The van der Waals surface area contributed by atoms with Crippen LogP contribution in [0.4, 0.5) is 0 Å². The molecule has 0 aliphatic carbocycles. The van der Waals surface area contributed by atoms with Gasteiger partial charge in [0.25, 0.3) is 0 Å². The maximum atomic E-state index is 12.8. The number of rotatable bonds is 46. The highest BCUT2D eigenvalue weighted by atomic mass is 16.6. The molecule has 0 spiro atoms.